The summed E-state index contributed by atoms with van der Waals surface area (Å²) in [5.41, 5.74) is -0.514. The lowest BCUT2D eigenvalue weighted by molar-refractivity contribution is -0.142. The molecule has 1 aromatic heterocycles. The van der Waals surface area contributed by atoms with Gasteiger partial charge in [0.15, 0.2) is 5.82 Å². The minimum Gasteiger partial charge on any atom is -0.360 e. The van der Waals surface area contributed by atoms with Crippen LogP contribution in [0.3, 0.4) is 0 Å². The summed E-state index contributed by atoms with van der Waals surface area (Å²) in [5, 5.41) is 6.34. The molecule has 0 spiro atoms. The third-order valence-corrected chi connectivity index (χ3v) is 2.74. The summed E-state index contributed by atoms with van der Waals surface area (Å²) in [6.07, 6.45) is 0. The molecule has 0 aliphatic rings. The van der Waals surface area contributed by atoms with Crippen LogP contribution in [0.1, 0.15) is 40.4 Å². The number of hydrogen-bond donors (Lipinski definition) is 1. The molecule has 0 fully saturated rings. The second-order valence-corrected chi connectivity index (χ2v) is 6.70. The summed E-state index contributed by atoms with van der Waals surface area (Å²) in [6, 6.07) is 1.64. The van der Waals surface area contributed by atoms with Gasteiger partial charge in [0.1, 0.15) is 5.76 Å². The van der Waals surface area contributed by atoms with E-state index in [1.165, 1.54) is 0 Å². The van der Waals surface area contributed by atoms with Crippen LogP contribution < -0.4 is 5.32 Å². The Hall–Kier alpha value is -1.85. The van der Waals surface area contributed by atoms with Crippen molar-refractivity contribution in [3.05, 3.63) is 11.8 Å². The standard InChI is InChI=1S/C15H25N3O3/c1-10(2)8-18(14(20)15(4,5)6)9-13(19)16-12-7-11(3)21-17-12/h7,10H,8-9H2,1-6H3,(H,16,17,19). The van der Waals surface area contributed by atoms with E-state index in [0.717, 1.165) is 0 Å². The molecule has 0 saturated carbocycles. The van der Waals surface area contributed by atoms with Crippen molar-refractivity contribution in [1.82, 2.24) is 10.1 Å². The Labute approximate surface area is 125 Å². The number of anilines is 1. The second kappa shape index (κ2) is 6.74. The topological polar surface area (TPSA) is 75.4 Å². The van der Waals surface area contributed by atoms with Gasteiger partial charge in [0.25, 0.3) is 0 Å². The summed E-state index contributed by atoms with van der Waals surface area (Å²) < 4.78 is 4.89. The Morgan fingerprint density at radius 3 is 2.43 bits per heavy atom. The van der Waals surface area contributed by atoms with Gasteiger partial charge in [-0.15, -0.1) is 0 Å². The summed E-state index contributed by atoms with van der Waals surface area (Å²) in [6.45, 7) is 11.9. The van der Waals surface area contributed by atoms with Gasteiger partial charge in [-0.1, -0.05) is 39.8 Å². The van der Waals surface area contributed by atoms with Gasteiger partial charge in [-0.3, -0.25) is 9.59 Å². The van der Waals surface area contributed by atoms with E-state index in [0.29, 0.717) is 24.0 Å². The highest BCUT2D eigenvalue weighted by atomic mass is 16.5. The van der Waals surface area contributed by atoms with Gasteiger partial charge in [0, 0.05) is 18.0 Å². The summed E-state index contributed by atoms with van der Waals surface area (Å²) in [7, 11) is 0. The maximum Gasteiger partial charge on any atom is 0.245 e. The molecule has 1 heterocycles. The van der Waals surface area contributed by atoms with Gasteiger partial charge < -0.3 is 14.7 Å². The molecule has 1 N–H and O–H groups in total. The first-order valence-corrected chi connectivity index (χ1v) is 7.12. The Bertz CT molecular complexity index is 501. The van der Waals surface area contributed by atoms with Gasteiger partial charge >= 0.3 is 0 Å². The zero-order chi connectivity index (χ0) is 16.2. The quantitative estimate of drug-likeness (QED) is 0.905. The van der Waals surface area contributed by atoms with Crippen molar-refractivity contribution in [2.75, 3.05) is 18.4 Å². The van der Waals surface area contributed by atoms with Crippen LogP contribution in [0.25, 0.3) is 0 Å². The lowest BCUT2D eigenvalue weighted by Crippen LogP contribution is -2.45. The number of nitrogens with zero attached hydrogens (tertiary/aromatic N) is 2. The third kappa shape index (κ3) is 5.57. The number of amides is 2. The van der Waals surface area contributed by atoms with Gasteiger partial charge in [-0.05, 0) is 12.8 Å². The van der Waals surface area contributed by atoms with Gasteiger partial charge in [0.2, 0.25) is 11.8 Å². The van der Waals surface area contributed by atoms with Crippen LogP contribution in [-0.2, 0) is 9.59 Å². The van der Waals surface area contributed by atoms with Gasteiger partial charge in [-0.2, -0.15) is 0 Å². The molecule has 0 aliphatic heterocycles. The van der Waals surface area contributed by atoms with Crippen LogP contribution in [-0.4, -0.2) is 35.0 Å². The first-order chi connectivity index (χ1) is 9.59. The number of hydrogen-bond acceptors (Lipinski definition) is 4. The molecule has 0 bridgehead atoms. The SMILES string of the molecule is Cc1cc(NC(=O)CN(CC(C)C)C(=O)C(C)(C)C)no1. The first-order valence-electron chi connectivity index (χ1n) is 7.12. The molecule has 1 rings (SSSR count). The van der Waals surface area contributed by atoms with E-state index in [4.69, 9.17) is 4.52 Å². The van der Waals surface area contributed by atoms with E-state index in [2.05, 4.69) is 10.5 Å². The van der Waals surface area contributed by atoms with Gasteiger partial charge in [-0.25, -0.2) is 0 Å². The summed E-state index contributed by atoms with van der Waals surface area (Å²) >= 11 is 0. The van der Waals surface area contributed by atoms with Crippen molar-refractivity contribution in [3.63, 3.8) is 0 Å². The van der Waals surface area contributed by atoms with E-state index in [9.17, 15) is 9.59 Å². The lowest BCUT2D eigenvalue weighted by atomic mass is 9.94. The highest BCUT2D eigenvalue weighted by molar-refractivity contribution is 5.94. The molecule has 0 radical (unpaired) electrons. The average molecular weight is 295 g/mol. The smallest absolute Gasteiger partial charge is 0.245 e. The zero-order valence-corrected chi connectivity index (χ0v) is 13.7. The molecule has 6 nitrogen and oxygen atoms in total. The van der Waals surface area contributed by atoms with E-state index in [-0.39, 0.29) is 18.4 Å². The largest absolute Gasteiger partial charge is 0.360 e. The molecule has 2 amide bonds. The number of carbonyl (C=O) groups excluding carboxylic acids is 2. The molecular formula is C15H25N3O3. The second-order valence-electron chi connectivity index (χ2n) is 6.70. The Morgan fingerprint density at radius 1 is 1.38 bits per heavy atom. The summed E-state index contributed by atoms with van der Waals surface area (Å²) in [5.74, 6) is 0.961. The highest BCUT2D eigenvalue weighted by Crippen LogP contribution is 2.18. The molecule has 0 atom stereocenters. The van der Waals surface area contributed by atoms with Crippen molar-refractivity contribution in [3.8, 4) is 0 Å². The number of nitrogens with one attached hydrogen (secondary N) is 1. The maximum absolute atomic E-state index is 12.4. The Balaban J connectivity index is 2.72. The normalized spacial score (nSPS) is 11.6. The minimum atomic E-state index is -0.514. The molecule has 21 heavy (non-hydrogen) atoms. The average Bonchev–Trinajstić information content (AvgIpc) is 2.70. The van der Waals surface area contributed by atoms with Crippen molar-refractivity contribution < 1.29 is 14.1 Å². The van der Waals surface area contributed by atoms with Crippen LogP contribution in [0, 0.1) is 18.3 Å². The van der Waals surface area contributed by atoms with Crippen molar-refractivity contribution in [2.24, 2.45) is 11.3 Å². The molecule has 0 aromatic carbocycles. The molecule has 0 aliphatic carbocycles. The minimum absolute atomic E-state index is 0.0141. The third-order valence-electron chi connectivity index (χ3n) is 2.74. The predicted octanol–water partition coefficient (Wildman–Crippen LogP) is 2.45. The van der Waals surface area contributed by atoms with Gasteiger partial charge in [0.05, 0.1) is 6.54 Å². The molecule has 0 saturated heterocycles. The van der Waals surface area contributed by atoms with Crippen molar-refractivity contribution in [2.45, 2.75) is 41.5 Å². The summed E-state index contributed by atoms with van der Waals surface area (Å²) in [4.78, 5) is 26.1. The fourth-order valence-electron chi connectivity index (χ4n) is 1.92. The maximum atomic E-state index is 12.4. The Kier molecular flexibility index (Phi) is 5.52. The fourth-order valence-corrected chi connectivity index (χ4v) is 1.92. The Morgan fingerprint density at radius 2 is 2.00 bits per heavy atom. The predicted molar refractivity (Wildman–Crippen MR) is 80.7 cm³/mol. The monoisotopic (exact) mass is 295 g/mol. The number of carbonyl (C=O) groups is 2. The number of rotatable bonds is 5. The van der Waals surface area contributed by atoms with Crippen LogP contribution in [0.2, 0.25) is 0 Å². The van der Waals surface area contributed by atoms with Crippen molar-refractivity contribution in [1.29, 1.82) is 0 Å². The number of aryl methyl sites for hydroxylation is 1. The van der Waals surface area contributed by atoms with E-state index >= 15 is 0 Å². The van der Waals surface area contributed by atoms with Crippen LogP contribution >= 0.6 is 0 Å². The van der Waals surface area contributed by atoms with Crippen LogP contribution in [0.5, 0.6) is 0 Å². The fraction of sp³-hybridized carbons (Fsp3) is 0.667. The molecule has 118 valence electrons. The molecule has 1 aromatic rings. The van der Waals surface area contributed by atoms with Crippen molar-refractivity contribution >= 4 is 17.6 Å². The number of aromatic nitrogens is 1. The molecular weight excluding hydrogens is 270 g/mol. The van der Waals surface area contributed by atoms with Crippen LogP contribution in [0.15, 0.2) is 10.6 Å². The highest BCUT2D eigenvalue weighted by Gasteiger charge is 2.29. The lowest BCUT2D eigenvalue weighted by Gasteiger charge is -2.30. The first kappa shape index (κ1) is 17.2. The van der Waals surface area contributed by atoms with E-state index in [1.807, 2.05) is 34.6 Å². The van der Waals surface area contributed by atoms with Crippen LogP contribution in [0.4, 0.5) is 5.82 Å². The zero-order valence-electron chi connectivity index (χ0n) is 13.7. The molecule has 6 heteroatoms. The van der Waals surface area contributed by atoms with E-state index in [1.54, 1.807) is 17.9 Å². The van der Waals surface area contributed by atoms with E-state index < -0.39 is 5.41 Å². The molecule has 0 unspecified atom stereocenters.